The normalized spacial score (nSPS) is 11.0. The molecule has 29 heavy (non-hydrogen) atoms. The number of methoxy groups -OCH3 is 1. The van der Waals surface area contributed by atoms with Crippen LogP contribution >= 0.6 is 11.8 Å². The number of aryl methyl sites for hydroxylation is 1. The number of anilines is 1. The number of carbonyl (C=O) groups is 1. The number of hydrogen-bond donors (Lipinski definition) is 2. The third kappa shape index (κ3) is 4.37. The molecule has 4 aromatic rings. The molecule has 0 saturated carbocycles. The Balaban J connectivity index is 1.34. The van der Waals surface area contributed by atoms with E-state index < -0.39 is 0 Å². The summed E-state index contributed by atoms with van der Waals surface area (Å²) in [7, 11) is 1.62. The average molecular weight is 409 g/mol. The minimum absolute atomic E-state index is 0.118. The number of nitrogens with zero attached hydrogens (tertiary/aromatic N) is 5. The Bertz CT molecular complexity index is 1140. The van der Waals surface area contributed by atoms with Crippen LogP contribution in [0.3, 0.4) is 0 Å². The lowest BCUT2D eigenvalue weighted by atomic mass is 10.3. The predicted molar refractivity (Wildman–Crippen MR) is 111 cm³/mol. The fourth-order valence-electron chi connectivity index (χ4n) is 2.66. The Morgan fingerprint density at radius 2 is 2.07 bits per heavy atom. The number of H-pyrrole nitrogens is 1. The number of hydrogen-bond acceptors (Lipinski definition) is 7. The number of thioether (sulfide) groups is 1. The molecule has 0 aliphatic rings. The summed E-state index contributed by atoms with van der Waals surface area (Å²) in [6.07, 6.45) is 0.727. The summed E-state index contributed by atoms with van der Waals surface area (Å²) >= 11 is 1.34. The standard InChI is InChI=1S/C19H19N7O2S/c1-3-17-23-25-26(24-17)13-6-4-12(5-7-13)20-18(27)11-29-19-21-15-9-8-14(28-2)10-16(15)22-19/h4-10H,3,11H2,1-2H3,(H,20,27)(H,21,22). The van der Waals surface area contributed by atoms with E-state index >= 15 is 0 Å². The van der Waals surface area contributed by atoms with E-state index in [0.29, 0.717) is 16.7 Å². The lowest BCUT2D eigenvalue weighted by Crippen LogP contribution is -2.14. The molecule has 0 aliphatic carbocycles. The van der Waals surface area contributed by atoms with Gasteiger partial charge in [-0.3, -0.25) is 4.79 Å². The second kappa shape index (κ2) is 8.31. The van der Waals surface area contributed by atoms with Gasteiger partial charge in [0.25, 0.3) is 0 Å². The number of rotatable bonds is 7. The number of nitrogens with one attached hydrogen (secondary N) is 2. The first-order chi connectivity index (χ1) is 14.1. The van der Waals surface area contributed by atoms with Gasteiger partial charge in [-0.05, 0) is 41.6 Å². The number of amides is 1. The van der Waals surface area contributed by atoms with Crippen LogP contribution in [0.25, 0.3) is 16.7 Å². The molecule has 4 rings (SSSR count). The van der Waals surface area contributed by atoms with E-state index in [4.69, 9.17) is 4.74 Å². The van der Waals surface area contributed by atoms with Crippen LogP contribution in [0.5, 0.6) is 5.75 Å². The number of ether oxygens (including phenoxy) is 1. The van der Waals surface area contributed by atoms with E-state index in [2.05, 4.69) is 30.7 Å². The third-order valence-electron chi connectivity index (χ3n) is 4.16. The van der Waals surface area contributed by atoms with Crippen molar-refractivity contribution in [3.8, 4) is 11.4 Å². The van der Waals surface area contributed by atoms with Crippen molar-refractivity contribution in [2.75, 3.05) is 18.2 Å². The molecular formula is C19H19N7O2S. The van der Waals surface area contributed by atoms with E-state index in [9.17, 15) is 4.79 Å². The first-order valence-electron chi connectivity index (χ1n) is 9.00. The van der Waals surface area contributed by atoms with Crippen molar-refractivity contribution in [2.45, 2.75) is 18.5 Å². The molecule has 0 radical (unpaired) electrons. The SMILES string of the molecule is CCc1nnn(-c2ccc(NC(=O)CSc3nc4ccc(OC)cc4[nH]3)cc2)n1. The first kappa shape index (κ1) is 18.9. The van der Waals surface area contributed by atoms with Crippen molar-refractivity contribution in [1.82, 2.24) is 30.2 Å². The Hall–Kier alpha value is -3.40. The van der Waals surface area contributed by atoms with Crippen LogP contribution in [-0.4, -0.2) is 48.9 Å². The molecule has 2 heterocycles. The molecule has 0 atom stereocenters. The molecule has 0 spiro atoms. The number of aromatic amines is 1. The summed E-state index contributed by atoms with van der Waals surface area (Å²) in [6, 6.07) is 12.9. The highest BCUT2D eigenvalue weighted by Crippen LogP contribution is 2.23. The molecule has 9 nitrogen and oxygen atoms in total. The van der Waals surface area contributed by atoms with E-state index in [1.165, 1.54) is 16.6 Å². The number of fused-ring (bicyclic) bond motifs is 1. The van der Waals surface area contributed by atoms with E-state index in [1.807, 2.05) is 37.3 Å². The number of benzene rings is 2. The molecule has 0 saturated heterocycles. The van der Waals surface area contributed by atoms with Crippen molar-refractivity contribution in [1.29, 1.82) is 0 Å². The molecular weight excluding hydrogens is 390 g/mol. The Labute approximate surface area is 170 Å². The average Bonchev–Trinajstić information content (AvgIpc) is 3.39. The van der Waals surface area contributed by atoms with Crippen LogP contribution in [-0.2, 0) is 11.2 Å². The van der Waals surface area contributed by atoms with E-state index in [1.54, 1.807) is 19.2 Å². The molecule has 2 N–H and O–H groups in total. The van der Waals surface area contributed by atoms with E-state index in [0.717, 1.165) is 28.9 Å². The van der Waals surface area contributed by atoms with Crippen LogP contribution in [0.15, 0.2) is 47.6 Å². The number of aromatic nitrogens is 6. The topological polar surface area (TPSA) is 111 Å². The lowest BCUT2D eigenvalue weighted by molar-refractivity contribution is -0.113. The quantitative estimate of drug-likeness (QED) is 0.452. The fourth-order valence-corrected chi connectivity index (χ4v) is 3.35. The van der Waals surface area contributed by atoms with Gasteiger partial charge in [-0.1, -0.05) is 18.7 Å². The van der Waals surface area contributed by atoms with Crippen LogP contribution in [0.4, 0.5) is 5.69 Å². The highest BCUT2D eigenvalue weighted by Gasteiger charge is 2.09. The van der Waals surface area contributed by atoms with Gasteiger partial charge in [-0.15, -0.1) is 15.0 Å². The largest absolute Gasteiger partial charge is 0.497 e. The zero-order valence-electron chi connectivity index (χ0n) is 15.9. The van der Waals surface area contributed by atoms with E-state index in [-0.39, 0.29) is 11.7 Å². The second-order valence-electron chi connectivity index (χ2n) is 6.16. The lowest BCUT2D eigenvalue weighted by Gasteiger charge is -2.05. The summed E-state index contributed by atoms with van der Waals surface area (Å²) in [6.45, 7) is 1.97. The van der Waals surface area contributed by atoms with Crippen molar-refractivity contribution in [3.63, 3.8) is 0 Å². The van der Waals surface area contributed by atoms with Crippen LogP contribution < -0.4 is 10.1 Å². The summed E-state index contributed by atoms with van der Waals surface area (Å²) in [5, 5.41) is 15.8. The fraction of sp³-hybridized carbons (Fsp3) is 0.211. The van der Waals surface area contributed by atoms with Gasteiger partial charge in [0.2, 0.25) is 5.91 Å². The summed E-state index contributed by atoms with van der Waals surface area (Å²) in [4.78, 5) is 21.4. The number of imidazole rings is 1. The van der Waals surface area contributed by atoms with Crippen LogP contribution in [0.1, 0.15) is 12.7 Å². The van der Waals surface area contributed by atoms with Crippen LogP contribution in [0.2, 0.25) is 0 Å². The highest BCUT2D eigenvalue weighted by molar-refractivity contribution is 7.99. The number of tetrazole rings is 1. The van der Waals surface area contributed by atoms with Crippen molar-refractivity contribution < 1.29 is 9.53 Å². The summed E-state index contributed by atoms with van der Waals surface area (Å²) in [5.74, 6) is 1.56. The van der Waals surface area contributed by atoms with Gasteiger partial charge in [0, 0.05) is 18.2 Å². The molecule has 2 aromatic carbocycles. The number of carbonyl (C=O) groups excluding carboxylic acids is 1. The van der Waals surface area contributed by atoms with Gasteiger partial charge in [-0.2, -0.15) is 0 Å². The van der Waals surface area contributed by atoms with Crippen molar-refractivity contribution in [2.24, 2.45) is 0 Å². The first-order valence-corrected chi connectivity index (χ1v) is 9.99. The maximum Gasteiger partial charge on any atom is 0.234 e. The molecule has 1 amide bonds. The van der Waals surface area contributed by atoms with Crippen molar-refractivity contribution >= 4 is 34.4 Å². The molecule has 2 aromatic heterocycles. The zero-order valence-corrected chi connectivity index (χ0v) is 16.7. The monoisotopic (exact) mass is 409 g/mol. The van der Waals surface area contributed by atoms with Gasteiger partial charge in [0.05, 0.1) is 29.6 Å². The van der Waals surface area contributed by atoms with Gasteiger partial charge >= 0.3 is 0 Å². The minimum atomic E-state index is -0.118. The van der Waals surface area contributed by atoms with Gasteiger partial charge in [-0.25, -0.2) is 4.98 Å². The zero-order chi connectivity index (χ0) is 20.2. The maximum atomic E-state index is 12.3. The predicted octanol–water partition coefficient (Wildman–Crippen LogP) is 2.84. The van der Waals surface area contributed by atoms with Gasteiger partial charge in [0.1, 0.15) is 5.75 Å². The summed E-state index contributed by atoms with van der Waals surface area (Å²) < 4.78 is 5.21. The second-order valence-corrected chi connectivity index (χ2v) is 7.12. The Morgan fingerprint density at radius 3 is 2.79 bits per heavy atom. The highest BCUT2D eigenvalue weighted by atomic mass is 32.2. The van der Waals surface area contributed by atoms with Crippen molar-refractivity contribution in [3.05, 3.63) is 48.3 Å². The Morgan fingerprint density at radius 1 is 1.24 bits per heavy atom. The molecule has 10 heteroatoms. The Kier molecular flexibility index (Phi) is 5.43. The molecule has 0 unspecified atom stereocenters. The minimum Gasteiger partial charge on any atom is -0.497 e. The van der Waals surface area contributed by atoms with Gasteiger partial charge in [0.15, 0.2) is 11.0 Å². The molecule has 0 fully saturated rings. The molecule has 148 valence electrons. The van der Waals surface area contributed by atoms with Gasteiger partial charge < -0.3 is 15.0 Å². The van der Waals surface area contributed by atoms with Crippen LogP contribution in [0, 0.1) is 0 Å². The molecule has 0 bridgehead atoms. The summed E-state index contributed by atoms with van der Waals surface area (Å²) in [5.41, 5.74) is 3.18. The smallest absolute Gasteiger partial charge is 0.234 e. The molecule has 0 aliphatic heterocycles. The third-order valence-corrected chi connectivity index (χ3v) is 5.03. The maximum absolute atomic E-state index is 12.3.